The summed E-state index contributed by atoms with van der Waals surface area (Å²) >= 11 is 0. The number of rotatable bonds is 4. The minimum atomic E-state index is -0.382. The number of nitrogens with one attached hydrogen (secondary N) is 1. The Morgan fingerprint density at radius 1 is 1.71 bits per heavy atom. The van der Waals surface area contributed by atoms with E-state index in [-0.39, 0.29) is 18.1 Å². The average Bonchev–Trinajstić information content (AvgIpc) is 2.94. The lowest BCUT2D eigenvalue weighted by molar-refractivity contribution is -0.132. The van der Waals surface area contributed by atoms with Crippen LogP contribution in [0.3, 0.4) is 0 Å². The molecule has 2 rings (SSSR count). The van der Waals surface area contributed by atoms with Crippen LogP contribution in [0.25, 0.3) is 0 Å². The summed E-state index contributed by atoms with van der Waals surface area (Å²) in [7, 11) is 1.78. The Balaban J connectivity index is 1.78. The molecule has 1 aromatic heterocycles. The Kier molecular flexibility index (Phi) is 3.70. The number of amides is 1. The van der Waals surface area contributed by atoms with Crippen molar-refractivity contribution in [2.75, 3.05) is 6.54 Å². The predicted octanol–water partition coefficient (Wildman–Crippen LogP) is -1.06. The highest BCUT2D eigenvalue weighted by molar-refractivity contribution is 5.80. The van der Waals surface area contributed by atoms with Crippen molar-refractivity contribution in [1.82, 2.24) is 20.1 Å². The molecule has 1 amide bonds. The van der Waals surface area contributed by atoms with E-state index in [1.165, 1.54) is 0 Å². The van der Waals surface area contributed by atoms with Gasteiger partial charge in [0.15, 0.2) is 5.82 Å². The van der Waals surface area contributed by atoms with E-state index >= 15 is 0 Å². The summed E-state index contributed by atoms with van der Waals surface area (Å²) in [5, 5.41) is 6.83. The van der Waals surface area contributed by atoms with Crippen LogP contribution in [0.4, 0.5) is 0 Å². The fraction of sp³-hybridized carbons (Fsp3) is 0.700. The maximum Gasteiger partial charge on any atom is 0.249 e. The zero-order valence-electron chi connectivity index (χ0n) is 9.80. The molecule has 0 saturated carbocycles. The molecule has 1 fully saturated rings. The van der Waals surface area contributed by atoms with Gasteiger partial charge in [0.1, 0.15) is 12.4 Å². The molecule has 7 nitrogen and oxygen atoms in total. The molecule has 7 heteroatoms. The standard InChI is InChI=1S/C10H17N5O2/c1-15-6-13-9(14-15)5-12-10(16)8-3-2-7(4-11)17-8/h6-8H,2-5,11H2,1H3,(H,12,16). The first-order chi connectivity index (χ1) is 8.19. The van der Waals surface area contributed by atoms with Crippen molar-refractivity contribution >= 4 is 5.91 Å². The van der Waals surface area contributed by atoms with E-state index in [0.717, 1.165) is 12.8 Å². The first-order valence-corrected chi connectivity index (χ1v) is 5.67. The molecule has 3 N–H and O–H groups in total. The van der Waals surface area contributed by atoms with Crippen molar-refractivity contribution < 1.29 is 9.53 Å². The van der Waals surface area contributed by atoms with E-state index in [1.807, 2.05) is 0 Å². The average molecular weight is 239 g/mol. The zero-order valence-corrected chi connectivity index (χ0v) is 9.80. The van der Waals surface area contributed by atoms with Gasteiger partial charge in [-0.25, -0.2) is 4.98 Å². The van der Waals surface area contributed by atoms with Crippen molar-refractivity contribution in [3.63, 3.8) is 0 Å². The first kappa shape index (κ1) is 12.0. The molecule has 0 radical (unpaired) electrons. The number of carbonyl (C=O) groups is 1. The van der Waals surface area contributed by atoms with Crippen LogP contribution in [-0.4, -0.2) is 39.4 Å². The molecular formula is C10H17N5O2. The Bertz CT molecular complexity index is 392. The van der Waals surface area contributed by atoms with Gasteiger partial charge in [0, 0.05) is 13.6 Å². The van der Waals surface area contributed by atoms with Crippen molar-refractivity contribution in [3.8, 4) is 0 Å². The Hall–Kier alpha value is -1.47. The molecule has 2 heterocycles. The van der Waals surface area contributed by atoms with Crippen LogP contribution in [-0.2, 0) is 23.1 Å². The minimum Gasteiger partial charge on any atom is -0.364 e. The lowest BCUT2D eigenvalue weighted by Gasteiger charge is -2.11. The predicted molar refractivity (Wildman–Crippen MR) is 59.8 cm³/mol. The summed E-state index contributed by atoms with van der Waals surface area (Å²) in [6.45, 7) is 0.790. The lowest BCUT2D eigenvalue weighted by Crippen LogP contribution is -2.35. The van der Waals surface area contributed by atoms with Crippen LogP contribution >= 0.6 is 0 Å². The third-order valence-corrected chi connectivity index (χ3v) is 2.73. The molecular weight excluding hydrogens is 222 g/mol. The summed E-state index contributed by atoms with van der Waals surface area (Å²) in [5.74, 6) is 0.475. The Morgan fingerprint density at radius 2 is 2.53 bits per heavy atom. The van der Waals surface area contributed by atoms with Gasteiger partial charge in [-0.3, -0.25) is 9.48 Å². The third kappa shape index (κ3) is 3.01. The highest BCUT2D eigenvalue weighted by atomic mass is 16.5. The molecule has 0 spiro atoms. The minimum absolute atomic E-state index is 0.0127. The second kappa shape index (κ2) is 5.24. The maximum absolute atomic E-state index is 11.7. The van der Waals surface area contributed by atoms with Gasteiger partial charge in [-0.2, -0.15) is 5.10 Å². The number of nitrogens with zero attached hydrogens (tertiary/aromatic N) is 3. The molecule has 17 heavy (non-hydrogen) atoms. The van der Waals surface area contributed by atoms with Crippen molar-refractivity contribution in [3.05, 3.63) is 12.2 Å². The van der Waals surface area contributed by atoms with Gasteiger partial charge in [0.05, 0.1) is 12.6 Å². The first-order valence-electron chi connectivity index (χ1n) is 5.67. The normalized spacial score (nSPS) is 23.9. The van der Waals surface area contributed by atoms with Crippen LogP contribution in [0.2, 0.25) is 0 Å². The highest BCUT2D eigenvalue weighted by Gasteiger charge is 2.29. The van der Waals surface area contributed by atoms with E-state index in [9.17, 15) is 4.79 Å². The number of ether oxygens (including phenoxy) is 1. The molecule has 1 saturated heterocycles. The van der Waals surface area contributed by atoms with Crippen molar-refractivity contribution in [2.45, 2.75) is 31.6 Å². The van der Waals surface area contributed by atoms with Gasteiger partial charge >= 0.3 is 0 Å². The highest BCUT2D eigenvalue weighted by Crippen LogP contribution is 2.18. The quantitative estimate of drug-likeness (QED) is 0.698. The summed E-state index contributed by atoms with van der Waals surface area (Å²) in [6.07, 6.45) is 2.80. The molecule has 1 aliphatic heterocycles. The second-order valence-electron chi connectivity index (χ2n) is 4.11. The van der Waals surface area contributed by atoms with Gasteiger partial charge in [-0.05, 0) is 12.8 Å². The van der Waals surface area contributed by atoms with Crippen molar-refractivity contribution in [1.29, 1.82) is 0 Å². The number of hydrogen-bond donors (Lipinski definition) is 2. The summed E-state index contributed by atoms with van der Waals surface area (Å²) in [5.41, 5.74) is 5.48. The smallest absolute Gasteiger partial charge is 0.249 e. The van der Waals surface area contributed by atoms with E-state index in [1.54, 1.807) is 18.1 Å². The number of aromatic nitrogens is 3. The van der Waals surface area contributed by atoms with Crippen LogP contribution in [0.1, 0.15) is 18.7 Å². The van der Waals surface area contributed by atoms with Crippen LogP contribution in [0.5, 0.6) is 0 Å². The summed E-state index contributed by atoms with van der Waals surface area (Å²) in [6, 6.07) is 0. The number of hydrogen-bond acceptors (Lipinski definition) is 5. The van der Waals surface area contributed by atoms with Crippen LogP contribution < -0.4 is 11.1 Å². The molecule has 2 unspecified atom stereocenters. The topological polar surface area (TPSA) is 95.1 Å². The molecule has 1 aromatic rings. The van der Waals surface area contributed by atoms with Gasteiger partial charge in [0.2, 0.25) is 5.91 Å². The molecule has 0 bridgehead atoms. The second-order valence-corrected chi connectivity index (χ2v) is 4.11. The monoisotopic (exact) mass is 239 g/mol. The van der Waals surface area contributed by atoms with Gasteiger partial charge < -0.3 is 15.8 Å². The van der Waals surface area contributed by atoms with Crippen molar-refractivity contribution in [2.24, 2.45) is 12.8 Å². The Labute approximate surface area is 99.3 Å². The number of nitrogens with two attached hydrogens (primary N) is 1. The number of aryl methyl sites for hydroxylation is 1. The zero-order chi connectivity index (χ0) is 12.3. The Morgan fingerprint density at radius 3 is 3.12 bits per heavy atom. The molecule has 0 aromatic carbocycles. The maximum atomic E-state index is 11.7. The van der Waals surface area contributed by atoms with Crippen LogP contribution in [0, 0.1) is 0 Å². The van der Waals surface area contributed by atoms with E-state index in [0.29, 0.717) is 18.9 Å². The SMILES string of the molecule is Cn1cnc(CNC(=O)C2CCC(CN)O2)n1. The van der Waals surface area contributed by atoms with E-state index in [4.69, 9.17) is 10.5 Å². The summed E-state index contributed by atoms with van der Waals surface area (Å²) < 4.78 is 7.08. The van der Waals surface area contributed by atoms with Gasteiger partial charge in [-0.15, -0.1) is 0 Å². The fourth-order valence-electron chi connectivity index (χ4n) is 1.82. The largest absolute Gasteiger partial charge is 0.364 e. The molecule has 0 aliphatic carbocycles. The third-order valence-electron chi connectivity index (χ3n) is 2.73. The van der Waals surface area contributed by atoms with E-state index < -0.39 is 0 Å². The lowest BCUT2D eigenvalue weighted by atomic mass is 10.2. The van der Waals surface area contributed by atoms with E-state index in [2.05, 4.69) is 15.4 Å². The van der Waals surface area contributed by atoms with Gasteiger partial charge in [0.25, 0.3) is 0 Å². The van der Waals surface area contributed by atoms with Gasteiger partial charge in [-0.1, -0.05) is 0 Å². The molecule has 94 valence electrons. The number of carbonyl (C=O) groups excluding carboxylic acids is 1. The molecule has 1 aliphatic rings. The molecule has 2 atom stereocenters. The fourth-order valence-corrected chi connectivity index (χ4v) is 1.82. The summed E-state index contributed by atoms with van der Waals surface area (Å²) in [4.78, 5) is 15.8. The van der Waals surface area contributed by atoms with Crippen LogP contribution in [0.15, 0.2) is 6.33 Å².